The first-order valence-electron chi connectivity index (χ1n) is 10.7. The normalized spacial score (nSPS) is 10.8. The predicted molar refractivity (Wildman–Crippen MR) is 135 cm³/mol. The Kier molecular flexibility index (Phi) is 10.2. The topological polar surface area (TPSA) is 54.9 Å². The number of hydrogen-bond donors (Lipinski definition) is 0. The summed E-state index contributed by atoms with van der Waals surface area (Å²) in [5, 5.41) is 0.687. The van der Waals surface area contributed by atoms with E-state index in [1.54, 1.807) is 12.0 Å². The van der Waals surface area contributed by atoms with Gasteiger partial charge in [-0.25, -0.2) is 4.98 Å². The number of thiazole rings is 1. The number of ether oxygens (including phenoxy) is 2. The Morgan fingerprint density at radius 2 is 1.81 bits per heavy atom. The van der Waals surface area contributed by atoms with E-state index in [1.165, 1.54) is 11.3 Å². The number of benzene rings is 2. The van der Waals surface area contributed by atoms with Gasteiger partial charge in [0.25, 0.3) is 5.91 Å². The lowest BCUT2D eigenvalue weighted by Crippen LogP contribution is -2.33. The fourth-order valence-corrected chi connectivity index (χ4v) is 4.21. The molecule has 3 aromatic rings. The molecule has 1 aromatic heterocycles. The number of halogens is 1. The fourth-order valence-electron chi connectivity index (χ4n) is 3.20. The third kappa shape index (κ3) is 6.58. The minimum atomic E-state index is -0.0584. The van der Waals surface area contributed by atoms with Crippen molar-refractivity contribution < 1.29 is 14.3 Å². The predicted octanol–water partition coefficient (Wildman–Crippen LogP) is 5.50. The lowest BCUT2D eigenvalue weighted by Gasteiger charge is -2.21. The maximum Gasteiger partial charge on any atom is 0.260 e. The Labute approximate surface area is 200 Å². The SMILES string of the molecule is CCCCOc1ccc(C(=O)N(CCCN(C)C)c2nc3c(OC)cccc3s2)cc1.Cl. The van der Waals surface area contributed by atoms with Crippen LogP contribution in [0.2, 0.25) is 0 Å². The molecule has 1 heterocycles. The molecule has 0 saturated carbocycles. The van der Waals surface area contributed by atoms with Gasteiger partial charge in [0.2, 0.25) is 0 Å². The maximum atomic E-state index is 13.4. The zero-order valence-corrected chi connectivity index (χ0v) is 20.8. The summed E-state index contributed by atoms with van der Waals surface area (Å²) in [6, 6.07) is 13.2. The van der Waals surface area contributed by atoms with Gasteiger partial charge in [0.05, 0.1) is 18.4 Å². The third-order valence-electron chi connectivity index (χ3n) is 4.92. The first-order chi connectivity index (χ1) is 15.0. The smallest absolute Gasteiger partial charge is 0.260 e. The number of nitrogens with zero attached hydrogens (tertiary/aromatic N) is 3. The summed E-state index contributed by atoms with van der Waals surface area (Å²) in [6.07, 6.45) is 2.96. The molecule has 0 atom stereocenters. The highest BCUT2D eigenvalue weighted by Gasteiger charge is 2.22. The number of hydrogen-bond acceptors (Lipinski definition) is 6. The first kappa shape index (κ1) is 25.9. The highest BCUT2D eigenvalue weighted by atomic mass is 35.5. The van der Waals surface area contributed by atoms with Gasteiger partial charge in [0, 0.05) is 12.1 Å². The van der Waals surface area contributed by atoms with Crippen LogP contribution in [0.3, 0.4) is 0 Å². The van der Waals surface area contributed by atoms with Gasteiger partial charge in [-0.15, -0.1) is 12.4 Å². The van der Waals surface area contributed by atoms with E-state index in [-0.39, 0.29) is 18.3 Å². The van der Waals surface area contributed by atoms with Crippen molar-refractivity contribution in [2.24, 2.45) is 0 Å². The van der Waals surface area contributed by atoms with Gasteiger partial charge in [-0.2, -0.15) is 0 Å². The zero-order chi connectivity index (χ0) is 22.2. The van der Waals surface area contributed by atoms with Gasteiger partial charge < -0.3 is 14.4 Å². The molecule has 0 N–H and O–H groups in total. The number of anilines is 1. The molecular formula is C24H32ClN3O3S. The number of methoxy groups -OCH3 is 1. The monoisotopic (exact) mass is 477 g/mol. The number of para-hydroxylation sites is 1. The molecule has 0 radical (unpaired) electrons. The molecule has 0 aliphatic heterocycles. The number of amides is 1. The molecule has 0 bridgehead atoms. The summed E-state index contributed by atoms with van der Waals surface area (Å²) in [5.41, 5.74) is 1.41. The molecule has 174 valence electrons. The Morgan fingerprint density at radius 1 is 1.06 bits per heavy atom. The van der Waals surface area contributed by atoms with Crippen molar-refractivity contribution in [1.29, 1.82) is 0 Å². The lowest BCUT2D eigenvalue weighted by atomic mass is 10.2. The highest BCUT2D eigenvalue weighted by Crippen LogP contribution is 2.34. The number of carbonyl (C=O) groups excluding carboxylic acids is 1. The summed E-state index contributed by atoms with van der Waals surface area (Å²) in [6.45, 7) is 4.30. The first-order valence-corrected chi connectivity index (χ1v) is 11.5. The Morgan fingerprint density at radius 3 is 2.47 bits per heavy atom. The molecular weight excluding hydrogens is 446 g/mol. The number of aromatic nitrogens is 1. The molecule has 32 heavy (non-hydrogen) atoms. The second kappa shape index (κ2) is 12.6. The molecule has 0 saturated heterocycles. The fraction of sp³-hybridized carbons (Fsp3) is 0.417. The van der Waals surface area contributed by atoms with Crippen molar-refractivity contribution >= 4 is 45.0 Å². The quantitative estimate of drug-likeness (QED) is 0.341. The van der Waals surface area contributed by atoms with Crippen LogP contribution in [0.1, 0.15) is 36.5 Å². The largest absolute Gasteiger partial charge is 0.494 e. The highest BCUT2D eigenvalue weighted by molar-refractivity contribution is 7.22. The second-order valence-electron chi connectivity index (χ2n) is 7.64. The molecule has 0 aliphatic rings. The molecule has 0 spiro atoms. The minimum Gasteiger partial charge on any atom is -0.494 e. The molecule has 1 amide bonds. The van der Waals surface area contributed by atoms with Crippen LogP contribution in [-0.4, -0.2) is 56.7 Å². The molecule has 0 aliphatic carbocycles. The third-order valence-corrected chi connectivity index (χ3v) is 5.97. The van der Waals surface area contributed by atoms with E-state index in [2.05, 4.69) is 11.8 Å². The zero-order valence-electron chi connectivity index (χ0n) is 19.2. The lowest BCUT2D eigenvalue weighted by molar-refractivity contribution is 0.0986. The summed E-state index contributed by atoms with van der Waals surface area (Å²) in [5.74, 6) is 1.44. The minimum absolute atomic E-state index is 0. The van der Waals surface area contributed by atoms with Crippen LogP contribution in [0.5, 0.6) is 11.5 Å². The molecule has 2 aromatic carbocycles. The average molecular weight is 478 g/mol. The maximum absolute atomic E-state index is 13.4. The number of rotatable bonds is 11. The van der Waals surface area contributed by atoms with E-state index in [4.69, 9.17) is 14.5 Å². The van der Waals surface area contributed by atoms with Crippen molar-refractivity contribution in [2.45, 2.75) is 26.2 Å². The van der Waals surface area contributed by atoms with E-state index in [1.807, 2.05) is 56.6 Å². The molecule has 0 fully saturated rings. The summed E-state index contributed by atoms with van der Waals surface area (Å²) >= 11 is 1.51. The molecule has 3 rings (SSSR count). The van der Waals surface area contributed by atoms with E-state index >= 15 is 0 Å². The van der Waals surface area contributed by atoms with Crippen LogP contribution in [0.25, 0.3) is 10.2 Å². The molecule has 8 heteroatoms. The van der Waals surface area contributed by atoms with E-state index in [0.29, 0.717) is 29.6 Å². The van der Waals surface area contributed by atoms with Gasteiger partial charge in [0.1, 0.15) is 17.0 Å². The number of fused-ring (bicyclic) bond motifs is 1. The van der Waals surface area contributed by atoms with Crippen molar-refractivity contribution in [3.63, 3.8) is 0 Å². The Balaban J connectivity index is 0.00000363. The Bertz CT molecular complexity index is 992. The van der Waals surface area contributed by atoms with Crippen LogP contribution in [0.15, 0.2) is 42.5 Å². The second-order valence-corrected chi connectivity index (χ2v) is 8.65. The van der Waals surface area contributed by atoms with Crippen LogP contribution in [0.4, 0.5) is 5.13 Å². The van der Waals surface area contributed by atoms with Crippen LogP contribution in [-0.2, 0) is 0 Å². The van der Waals surface area contributed by atoms with Crippen molar-refractivity contribution in [1.82, 2.24) is 9.88 Å². The van der Waals surface area contributed by atoms with Crippen molar-refractivity contribution in [2.75, 3.05) is 45.8 Å². The summed E-state index contributed by atoms with van der Waals surface area (Å²) in [7, 11) is 5.70. The van der Waals surface area contributed by atoms with E-state index < -0.39 is 0 Å². The van der Waals surface area contributed by atoms with Crippen molar-refractivity contribution in [3.8, 4) is 11.5 Å². The summed E-state index contributed by atoms with van der Waals surface area (Å²) < 4.78 is 12.2. The molecule has 6 nitrogen and oxygen atoms in total. The number of carbonyl (C=O) groups is 1. The van der Waals surface area contributed by atoms with Crippen molar-refractivity contribution in [3.05, 3.63) is 48.0 Å². The van der Waals surface area contributed by atoms with Gasteiger partial charge in [0.15, 0.2) is 5.13 Å². The number of unbranched alkanes of at least 4 members (excludes halogenated alkanes) is 1. The van der Waals surface area contributed by atoms with Gasteiger partial charge in [-0.05, 0) is 69.9 Å². The van der Waals surface area contributed by atoms with E-state index in [0.717, 1.165) is 41.8 Å². The standard InChI is InChI=1S/C24H31N3O3S.ClH/c1-5-6-17-30-19-13-11-18(12-14-19)23(28)27(16-8-15-26(2)3)24-25-22-20(29-4)9-7-10-21(22)31-24;/h7,9-14H,5-6,8,15-17H2,1-4H3;1H. The summed E-state index contributed by atoms with van der Waals surface area (Å²) in [4.78, 5) is 22.1. The van der Waals surface area contributed by atoms with Crippen LogP contribution in [0, 0.1) is 0 Å². The van der Waals surface area contributed by atoms with E-state index in [9.17, 15) is 4.79 Å². The van der Waals surface area contributed by atoms with Gasteiger partial charge in [-0.1, -0.05) is 30.7 Å². The Hall–Kier alpha value is -2.35. The van der Waals surface area contributed by atoms with Gasteiger partial charge >= 0.3 is 0 Å². The molecule has 0 unspecified atom stereocenters. The van der Waals surface area contributed by atoms with Gasteiger partial charge in [-0.3, -0.25) is 9.69 Å². The average Bonchev–Trinajstić information content (AvgIpc) is 3.21. The van der Waals surface area contributed by atoms with Crippen LogP contribution >= 0.6 is 23.7 Å². The van der Waals surface area contributed by atoms with Crippen LogP contribution < -0.4 is 14.4 Å².